The first-order valence-corrected chi connectivity index (χ1v) is 29.5. The largest absolute Gasteiger partial charge is 0.453 e. The Morgan fingerprint density at radius 1 is 0.351 bits per heavy atom. The molecule has 0 amide bonds. The van der Waals surface area contributed by atoms with Gasteiger partial charge in [0.05, 0.1) is 50.8 Å². The number of para-hydroxylation sites is 2. The normalized spacial score (nSPS) is 16.5. The Labute approximate surface area is 453 Å². The molecule has 0 fully saturated rings. The number of anilines is 9. The Kier molecular flexibility index (Phi) is 9.10. The monoisotopic (exact) mass is 1020 g/mol. The molecule has 6 heterocycles. The zero-order chi connectivity index (χ0) is 53.0. The maximum absolute atomic E-state index is 7.71. The lowest BCUT2D eigenvalue weighted by Gasteiger charge is -2.57. The van der Waals surface area contributed by atoms with E-state index in [2.05, 4.69) is 272 Å². The summed E-state index contributed by atoms with van der Waals surface area (Å²) < 4.78 is 17.6. The van der Waals surface area contributed by atoms with E-state index >= 15 is 0 Å². The molecule has 0 N–H and O–H groups in total. The highest BCUT2D eigenvalue weighted by Crippen LogP contribution is 2.63. The molecule has 9 aromatic carbocycles. The molecule has 10 aromatic rings. The highest BCUT2D eigenvalue weighted by atomic mass is 28.3. The molecular weight excluding hydrogens is 957 g/mol. The summed E-state index contributed by atoms with van der Waals surface area (Å²) in [7, 11) is -3.47. The number of rotatable bonds is 3. The van der Waals surface area contributed by atoms with E-state index in [-0.39, 0.29) is 21.7 Å². The number of benzene rings is 9. The van der Waals surface area contributed by atoms with Crippen LogP contribution in [0.2, 0.25) is 0 Å². The second kappa shape index (κ2) is 15.1. The highest BCUT2D eigenvalue weighted by molar-refractivity contribution is 7.24. The van der Waals surface area contributed by atoms with Crippen molar-refractivity contribution in [2.45, 2.75) is 105 Å². The number of aromatic nitrogens is 1. The first kappa shape index (κ1) is 46.3. The number of hydrogen-bond acceptors (Lipinski definition) is 5. The standard InChI is InChI=1S/C70H64N4O2Si/c1-67(2,3)41-26-30-44(31-27-41)71-54-34-35-58-61-65(54)77(46-20-14-13-15-21-46)64-55(73(61)52-32-28-42(68(4,5)6)36-59(52)75-58)38-45(72-50-24-18-16-22-47(50)48-23-17-19-25-51(48)72)39-56(64)74-53-33-29-43(69(7,8)9)37-60(53)76-63-49(70(10,11)12)40-57(71)66(77)62(63)74/h13-40H,1-12H3. The summed E-state index contributed by atoms with van der Waals surface area (Å²) in [5.41, 5.74) is 18.0. The van der Waals surface area contributed by atoms with Crippen molar-refractivity contribution >= 4 is 102 Å². The molecule has 0 saturated carbocycles. The molecule has 0 bridgehead atoms. The fourth-order valence-electron chi connectivity index (χ4n) is 13.6. The first-order chi connectivity index (χ1) is 36.7. The SMILES string of the molecule is CC(C)(C)c1ccc(N2c3ccc4c5c3[Si]3(c6ccccc6)c6c(cc(-n7c8ccccc8c8ccccc87)cc6N6c7ccc(C(C)(C)C)cc7Oc7c(C(C)(C)C)cc2c3c76)N5c2ccc(C(C)(C)C)cc2O4)cc1. The summed E-state index contributed by atoms with van der Waals surface area (Å²) in [6, 6.07) is 64.9. The third kappa shape index (κ3) is 6.18. The van der Waals surface area contributed by atoms with Gasteiger partial charge in [-0.1, -0.05) is 174 Å². The van der Waals surface area contributed by atoms with Crippen molar-refractivity contribution in [3.05, 3.63) is 192 Å². The minimum absolute atomic E-state index is 0.0147. The van der Waals surface area contributed by atoms with E-state index in [1.807, 2.05) is 0 Å². The zero-order valence-electron chi connectivity index (χ0n) is 46.3. The van der Waals surface area contributed by atoms with Gasteiger partial charge in [-0.2, -0.15) is 0 Å². The van der Waals surface area contributed by atoms with Gasteiger partial charge in [0.1, 0.15) is 0 Å². The van der Waals surface area contributed by atoms with Gasteiger partial charge in [-0.05, 0) is 122 Å². The van der Waals surface area contributed by atoms with Gasteiger partial charge < -0.3 is 28.7 Å². The molecule has 15 rings (SSSR count). The van der Waals surface area contributed by atoms with Crippen molar-refractivity contribution in [1.29, 1.82) is 0 Å². The van der Waals surface area contributed by atoms with Crippen LogP contribution in [0, 0.1) is 0 Å². The molecule has 380 valence electrons. The molecule has 6 nitrogen and oxygen atoms in total. The van der Waals surface area contributed by atoms with Crippen molar-refractivity contribution < 1.29 is 9.47 Å². The van der Waals surface area contributed by atoms with Crippen LogP contribution in [0.1, 0.15) is 105 Å². The topological polar surface area (TPSA) is 33.1 Å². The van der Waals surface area contributed by atoms with Crippen LogP contribution >= 0.6 is 0 Å². The third-order valence-electron chi connectivity index (χ3n) is 17.4. The molecule has 5 aliphatic heterocycles. The third-order valence-corrected chi connectivity index (χ3v) is 22.3. The van der Waals surface area contributed by atoms with Gasteiger partial charge in [-0.15, -0.1) is 0 Å². The number of ether oxygens (including phenoxy) is 2. The van der Waals surface area contributed by atoms with Crippen molar-refractivity contribution in [3.8, 4) is 28.7 Å². The Morgan fingerprint density at radius 2 is 0.844 bits per heavy atom. The number of fused-ring (bicyclic) bond motifs is 9. The predicted molar refractivity (Wildman–Crippen MR) is 324 cm³/mol. The lowest BCUT2D eigenvalue weighted by molar-refractivity contribution is 0.448. The summed E-state index contributed by atoms with van der Waals surface area (Å²) in [5, 5.41) is 7.83. The van der Waals surface area contributed by atoms with Gasteiger partial charge in [-0.25, -0.2) is 0 Å². The molecule has 0 aliphatic carbocycles. The summed E-state index contributed by atoms with van der Waals surface area (Å²) >= 11 is 0. The maximum atomic E-state index is 7.71. The van der Waals surface area contributed by atoms with Crippen molar-refractivity contribution in [2.24, 2.45) is 0 Å². The second-order valence-electron chi connectivity index (χ2n) is 26.3. The van der Waals surface area contributed by atoms with E-state index in [4.69, 9.17) is 9.47 Å². The first-order valence-electron chi connectivity index (χ1n) is 27.5. The van der Waals surface area contributed by atoms with Crippen LogP contribution in [-0.2, 0) is 21.7 Å². The molecular formula is C70H64N4O2Si. The van der Waals surface area contributed by atoms with Gasteiger partial charge in [0, 0.05) is 49.0 Å². The van der Waals surface area contributed by atoms with E-state index < -0.39 is 8.07 Å². The Bertz CT molecular complexity index is 4170. The van der Waals surface area contributed by atoms with E-state index in [0.717, 1.165) is 57.1 Å². The highest BCUT2D eigenvalue weighted by Gasteiger charge is 2.63. The van der Waals surface area contributed by atoms with Crippen LogP contribution in [0.15, 0.2) is 170 Å². The van der Waals surface area contributed by atoms with Crippen molar-refractivity contribution in [3.63, 3.8) is 0 Å². The maximum Gasteiger partial charge on any atom is 0.194 e. The number of nitrogens with zero attached hydrogens (tertiary/aromatic N) is 4. The van der Waals surface area contributed by atoms with Gasteiger partial charge in [0.15, 0.2) is 31.1 Å². The summed E-state index contributed by atoms with van der Waals surface area (Å²) in [6.07, 6.45) is 0. The molecule has 0 radical (unpaired) electrons. The summed E-state index contributed by atoms with van der Waals surface area (Å²) in [5.74, 6) is 3.53. The average molecular weight is 1020 g/mol. The van der Waals surface area contributed by atoms with Gasteiger partial charge >= 0.3 is 0 Å². The molecule has 0 spiro atoms. The fourth-order valence-corrected chi connectivity index (χ4v) is 19.4. The molecule has 7 heteroatoms. The molecule has 1 aromatic heterocycles. The smallest absolute Gasteiger partial charge is 0.194 e. The fraction of sp³-hybridized carbons (Fsp3) is 0.229. The zero-order valence-corrected chi connectivity index (χ0v) is 47.3. The Hall–Kier alpha value is -8.00. The lowest BCUT2D eigenvalue weighted by Crippen LogP contribution is -2.81. The molecule has 1 atom stereocenters. The van der Waals surface area contributed by atoms with Gasteiger partial charge in [0.25, 0.3) is 0 Å². The van der Waals surface area contributed by atoms with Crippen LogP contribution in [0.4, 0.5) is 51.2 Å². The van der Waals surface area contributed by atoms with Crippen LogP contribution in [0.3, 0.4) is 0 Å². The quantitative estimate of drug-likeness (QED) is 0.165. The van der Waals surface area contributed by atoms with Crippen molar-refractivity contribution in [2.75, 3.05) is 14.7 Å². The van der Waals surface area contributed by atoms with Gasteiger partial charge in [-0.3, -0.25) is 0 Å². The molecule has 77 heavy (non-hydrogen) atoms. The average Bonchev–Trinajstić information content (AvgIpc) is 2.40. The van der Waals surface area contributed by atoms with Crippen LogP contribution in [0.5, 0.6) is 23.0 Å². The Balaban J connectivity index is 1.18. The van der Waals surface area contributed by atoms with E-state index in [0.29, 0.717) is 0 Å². The van der Waals surface area contributed by atoms with Crippen LogP contribution in [0.25, 0.3) is 27.5 Å². The second-order valence-corrected chi connectivity index (χ2v) is 29.8. The van der Waals surface area contributed by atoms with Crippen molar-refractivity contribution in [1.82, 2.24) is 4.57 Å². The van der Waals surface area contributed by atoms with E-state index in [9.17, 15) is 0 Å². The summed E-state index contributed by atoms with van der Waals surface area (Å²) in [6.45, 7) is 27.7. The van der Waals surface area contributed by atoms with Crippen LogP contribution in [-0.4, -0.2) is 12.6 Å². The summed E-state index contributed by atoms with van der Waals surface area (Å²) in [4.78, 5) is 7.84. The molecule has 0 saturated heterocycles. The minimum Gasteiger partial charge on any atom is -0.453 e. The molecule has 5 aliphatic rings. The molecule has 1 unspecified atom stereocenters. The lowest BCUT2D eigenvalue weighted by atomic mass is 9.84. The van der Waals surface area contributed by atoms with E-state index in [1.165, 1.54) is 87.6 Å². The van der Waals surface area contributed by atoms with Gasteiger partial charge in [0.2, 0.25) is 0 Å². The Morgan fingerprint density at radius 3 is 1.42 bits per heavy atom. The number of hydrogen-bond donors (Lipinski definition) is 0. The van der Waals surface area contributed by atoms with Crippen LogP contribution < -0.4 is 44.9 Å². The van der Waals surface area contributed by atoms with E-state index in [1.54, 1.807) is 0 Å². The minimum atomic E-state index is -3.47. The predicted octanol–water partition coefficient (Wildman–Crippen LogP) is 16.9.